The van der Waals surface area contributed by atoms with Gasteiger partial charge in [-0.05, 0) is 96.6 Å². The van der Waals surface area contributed by atoms with Gasteiger partial charge in [0.15, 0.2) is 11.6 Å². The number of aryl methyl sites for hydroxylation is 2. The third kappa shape index (κ3) is 8.17. The number of nitrogens with one attached hydrogen (secondary N) is 1. The first kappa shape index (κ1) is 29.8. The molecule has 0 heterocycles. The summed E-state index contributed by atoms with van der Waals surface area (Å²) >= 11 is -0.280. The molecule has 10 heteroatoms. The fourth-order valence-corrected chi connectivity index (χ4v) is 5.07. The van der Waals surface area contributed by atoms with Gasteiger partial charge in [0.25, 0.3) is 5.91 Å². The zero-order chi connectivity index (χ0) is 29.6. The maximum atomic E-state index is 13.7. The highest BCUT2D eigenvalue weighted by Gasteiger charge is 2.29. The zero-order valence-electron chi connectivity index (χ0n) is 21.8. The molecule has 0 atom stereocenters. The minimum absolute atomic E-state index is 0.0436. The molecule has 0 bridgehead atoms. The van der Waals surface area contributed by atoms with E-state index in [4.69, 9.17) is 5.11 Å². The van der Waals surface area contributed by atoms with E-state index in [9.17, 15) is 32.3 Å². The summed E-state index contributed by atoms with van der Waals surface area (Å²) in [4.78, 5) is 49.8. The Morgan fingerprint density at radius 2 is 1.39 bits per heavy atom. The molecule has 2 N–H and O–H groups in total. The first-order valence-corrected chi connectivity index (χ1v) is 13.7. The van der Waals surface area contributed by atoms with Crippen LogP contribution in [0.1, 0.15) is 67.0 Å². The minimum Gasteiger partial charge on any atom is -0.481 e. The monoisotopic (exact) mass is 581 g/mol. The Bertz CT molecular complexity index is 1500. The molecule has 4 rings (SSSR count). The number of carboxylic acids is 1. The normalized spacial score (nSPS) is 13.3. The first-order valence-electron chi connectivity index (χ1n) is 12.9. The van der Waals surface area contributed by atoms with E-state index in [1.54, 1.807) is 6.07 Å². The van der Waals surface area contributed by atoms with Crippen molar-refractivity contribution in [1.29, 1.82) is 0 Å². The van der Waals surface area contributed by atoms with Crippen molar-refractivity contribution in [1.82, 2.24) is 5.32 Å². The Morgan fingerprint density at radius 1 is 0.805 bits per heavy atom. The molecular formula is C31H26F3NO5S. The molecule has 212 valence electrons. The second-order valence-electron chi connectivity index (χ2n) is 9.49. The number of carbonyl (C=O) groups is 4. The van der Waals surface area contributed by atoms with E-state index in [1.165, 1.54) is 60.2 Å². The molecule has 1 aliphatic carbocycles. The lowest BCUT2D eigenvalue weighted by Gasteiger charge is -2.17. The molecule has 0 spiro atoms. The topological polar surface area (TPSA) is 101 Å². The van der Waals surface area contributed by atoms with Crippen molar-refractivity contribution in [3.8, 4) is 0 Å². The van der Waals surface area contributed by atoms with E-state index in [0.29, 0.717) is 5.56 Å². The van der Waals surface area contributed by atoms with Gasteiger partial charge in [0.05, 0.1) is 6.42 Å². The molecule has 0 aliphatic heterocycles. The minimum atomic E-state index is -4.45. The quantitative estimate of drug-likeness (QED) is 0.160. The van der Waals surface area contributed by atoms with Gasteiger partial charge in [0.1, 0.15) is 0 Å². The van der Waals surface area contributed by atoms with Gasteiger partial charge in [-0.15, -0.1) is 0 Å². The Labute approximate surface area is 238 Å². The number of benzene rings is 3. The molecule has 3 aromatic carbocycles. The van der Waals surface area contributed by atoms with Gasteiger partial charge in [0.2, 0.25) is 0 Å². The van der Waals surface area contributed by atoms with E-state index in [1.807, 2.05) is 12.1 Å². The molecule has 1 amide bonds. The molecule has 0 fully saturated rings. The van der Waals surface area contributed by atoms with Gasteiger partial charge in [-0.25, -0.2) is 0 Å². The second-order valence-corrected chi connectivity index (χ2v) is 10.6. The van der Waals surface area contributed by atoms with Crippen LogP contribution >= 0.6 is 11.8 Å². The fraction of sp³-hybridized carbons (Fsp3) is 0.226. The van der Waals surface area contributed by atoms with E-state index in [2.05, 4.69) is 5.32 Å². The fourth-order valence-electron chi connectivity index (χ4n) is 4.53. The summed E-state index contributed by atoms with van der Waals surface area (Å²) in [5.41, 5.74) is -0.907. The average molecular weight is 582 g/mol. The molecule has 0 radical (unpaired) electrons. The van der Waals surface area contributed by atoms with Gasteiger partial charge >= 0.3 is 11.5 Å². The SMILES string of the molecule is O=C(O)CCNC(=O)c1ccc(C(=O)/C(=C\C(=O)c2ccc(SC(F)(F)F)cc2)c2ccc3c(c2)CCCC3)cc1. The van der Waals surface area contributed by atoms with Gasteiger partial charge in [-0.3, -0.25) is 19.2 Å². The number of thioether (sulfide) groups is 1. The highest BCUT2D eigenvalue weighted by atomic mass is 32.2. The number of ketones is 2. The predicted molar refractivity (Wildman–Crippen MR) is 149 cm³/mol. The van der Waals surface area contributed by atoms with E-state index in [-0.39, 0.29) is 51.9 Å². The summed E-state index contributed by atoms with van der Waals surface area (Å²) in [5.74, 6) is -2.53. The van der Waals surface area contributed by atoms with Crippen LogP contribution in [0.2, 0.25) is 0 Å². The summed E-state index contributed by atoms with van der Waals surface area (Å²) in [6.07, 6.45) is 4.84. The average Bonchev–Trinajstić information content (AvgIpc) is 2.94. The molecule has 0 saturated carbocycles. The van der Waals surface area contributed by atoms with E-state index >= 15 is 0 Å². The number of halogens is 3. The number of Topliss-reactive ketones (excluding diaryl/α,β-unsaturated/α-hetero) is 1. The number of fused-ring (bicyclic) bond motifs is 1. The predicted octanol–water partition coefficient (Wildman–Crippen LogP) is 6.53. The second kappa shape index (κ2) is 13.0. The number of aliphatic carboxylic acids is 1. The number of hydrogen-bond donors (Lipinski definition) is 2. The number of carboxylic acid groups (broad SMARTS) is 1. The number of alkyl halides is 3. The van der Waals surface area contributed by atoms with Crippen LogP contribution in [-0.4, -0.2) is 40.6 Å². The van der Waals surface area contributed by atoms with Crippen molar-refractivity contribution in [2.45, 2.75) is 42.5 Å². The lowest BCUT2D eigenvalue weighted by atomic mass is 9.87. The number of allylic oxidation sites excluding steroid dienone is 2. The Hall–Kier alpha value is -4.18. The van der Waals surface area contributed by atoms with Crippen LogP contribution in [0.25, 0.3) is 5.57 Å². The van der Waals surface area contributed by atoms with Crippen molar-refractivity contribution < 1.29 is 37.5 Å². The standard InChI is InChI=1S/C31H26F3NO5S/c32-31(33,34)41-25-13-11-20(12-14-25)27(36)18-26(24-10-5-19-3-1-2-4-23(19)17-24)29(39)21-6-8-22(9-7-21)30(40)35-16-15-28(37)38/h5-14,17-18H,1-4,15-16H2,(H,35,40)(H,37,38)/b26-18-. The van der Waals surface area contributed by atoms with Crippen LogP contribution in [0.15, 0.2) is 77.7 Å². The highest BCUT2D eigenvalue weighted by Crippen LogP contribution is 2.37. The van der Waals surface area contributed by atoms with Crippen molar-refractivity contribution in [3.05, 3.63) is 106 Å². The Morgan fingerprint density at radius 3 is 2.02 bits per heavy atom. The van der Waals surface area contributed by atoms with Crippen LogP contribution in [0, 0.1) is 0 Å². The molecule has 41 heavy (non-hydrogen) atoms. The summed E-state index contributed by atoms with van der Waals surface area (Å²) < 4.78 is 38.1. The van der Waals surface area contributed by atoms with Crippen LogP contribution in [0.3, 0.4) is 0 Å². The van der Waals surface area contributed by atoms with Crippen LogP contribution < -0.4 is 5.32 Å². The van der Waals surface area contributed by atoms with Crippen molar-refractivity contribution in [2.24, 2.45) is 0 Å². The number of amides is 1. The maximum Gasteiger partial charge on any atom is 0.446 e. The smallest absolute Gasteiger partial charge is 0.446 e. The van der Waals surface area contributed by atoms with Gasteiger partial charge in [-0.1, -0.05) is 30.3 Å². The highest BCUT2D eigenvalue weighted by molar-refractivity contribution is 8.00. The van der Waals surface area contributed by atoms with Crippen molar-refractivity contribution >= 4 is 40.8 Å². The molecular weight excluding hydrogens is 555 g/mol. The molecule has 6 nitrogen and oxygen atoms in total. The van der Waals surface area contributed by atoms with E-state index < -0.39 is 29.0 Å². The summed E-state index contributed by atoms with van der Waals surface area (Å²) in [6, 6.07) is 16.4. The molecule has 0 saturated heterocycles. The lowest BCUT2D eigenvalue weighted by Crippen LogP contribution is -2.26. The molecule has 0 aromatic heterocycles. The molecule has 0 unspecified atom stereocenters. The largest absolute Gasteiger partial charge is 0.481 e. The third-order valence-corrected chi connectivity index (χ3v) is 7.32. The van der Waals surface area contributed by atoms with Crippen molar-refractivity contribution in [3.63, 3.8) is 0 Å². The van der Waals surface area contributed by atoms with Gasteiger partial charge in [-0.2, -0.15) is 13.2 Å². The van der Waals surface area contributed by atoms with Crippen LogP contribution in [0.4, 0.5) is 13.2 Å². The van der Waals surface area contributed by atoms with Gasteiger partial charge < -0.3 is 10.4 Å². The zero-order valence-corrected chi connectivity index (χ0v) is 22.6. The Balaban J connectivity index is 1.63. The van der Waals surface area contributed by atoms with Gasteiger partial charge in [0, 0.05) is 33.7 Å². The molecule has 3 aromatic rings. The van der Waals surface area contributed by atoms with E-state index in [0.717, 1.165) is 31.2 Å². The number of rotatable bonds is 10. The first-order chi connectivity index (χ1) is 19.5. The van der Waals surface area contributed by atoms with Crippen molar-refractivity contribution in [2.75, 3.05) is 6.54 Å². The summed E-state index contributed by atoms with van der Waals surface area (Å²) in [6.45, 7) is -0.0436. The number of carbonyl (C=O) groups excluding carboxylic acids is 3. The Kier molecular flexibility index (Phi) is 9.44. The lowest BCUT2D eigenvalue weighted by molar-refractivity contribution is -0.136. The van der Waals surface area contributed by atoms with Crippen LogP contribution in [0.5, 0.6) is 0 Å². The number of hydrogen-bond acceptors (Lipinski definition) is 5. The third-order valence-electron chi connectivity index (χ3n) is 6.59. The summed E-state index contributed by atoms with van der Waals surface area (Å²) in [7, 11) is 0. The van der Waals surface area contributed by atoms with Crippen LogP contribution in [-0.2, 0) is 17.6 Å². The maximum absolute atomic E-state index is 13.7. The summed E-state index contributed by atoms with van der Waals surface area (Å²) in [5, 5.41) is 11.2. The molecule has 1 aliphatic rings.